The minimum atomic E-state index is -0.225. The first-order valence-electron chi connectivity index (χ1n) is 11.7. The molecule has 35 heavy (non-hydrogen) atoms. The highest BCUT2D eigenvalue weighted by Crippen LogP contribution is 2.34. The van der Waals surface area contributed by atoms with Crippen LogP contribution in [0.2, 0.25) is 0 Å². The van der Waals surface area contributed by atoms with Gasteiger partial charge in [-0.25, -0.2) is 4.98 Å². The Bertz CT molecular complexity index is 1510. The lowest BCUT2D eigenvalue weighted by molar-refractivity contribution is -0.117. The summed E-state index contributed by atoms with van der Waals surface area (Å²) in [4.78, 5) is 38.9. The molecule has 1 unspecified atom stereocenters. The normalized spacial score (nSPS) is 17.8. The lowest BCUT2D eigenvalue weighted by atomic mass is 10.1. The minimum Gasteiger partial charge on any atom is -0.348 e. The maximum Gasteiger partial charge on any atom is 0.263 e. The smallest absolute Gasteiger partial charge is 0.263 e. The zero-order chi connectivity index (χ0) is 24.7. The van der Waals surface area contributed by atoms with Crippen molar-refractivity contribution in [1.29, 1.82) is 0 Å². The number of aromatic nitrogens is 4. The highest BCUT2D eigenvalue weighted by Gasteiger charge is 2.31. The quantitative estimate of drug-likeness (QED) is 0.360. The summed E-state index contributed by atoms with van der Waals surface area (Å²) >= 11 is 1.35. The molecule has 0 bridgehead atoms. The standard InChI is InChI=1S/C26H28N6O2S/c1-5-21(33)30-17-7-6-8-18(17)31-25(34)24-23-22-20(10-12-28-26(22)35-24)32(15(4)29-23)16-9-11-27-19(13-16)14(2)3/h5,9-14,17-18,29H,1,4,6-8H2,2-3H3,(H,30,33)(H,31,34)/t17?,18-/m1/s1. The Kier molecular flexibility index (Phi) is 6.02. The second kappa shape index (κ2) is 9.14. The third-order valence-corrected chi connectivity index (χ3v) is 7.61. The largest absolute Gasteiger partial charge is 0.348 e. The summed E-state index contributed by atoms with van der Waals surface area (Å²) in [7, 11) is 0. The van der Waals surface area contributed by atoms with E-state index < -0.39 is 0 Å². The van der Waals surface area contributed by atoms with Gasteiger partial charge in [-0.2, -0.15) is 0 Å². The monoisotopic (exact) mass is 488 g/mol. The number of H-pyrrole nitrogens is 1. The average Bonchev–Trinajstić information content (AvgIpc) is 3.44. The molecule has 8 nitrogen and oxygen atoms in total. The van der Waals surface area contributed by atoms with Crippen LogP contribution in [0.3, 0.4) is 0 Å². The molecule has 0 aliphatic heterocycles. The summed E-state index contributed by atoms with van der Waals surface area (Å²) in [5.41, 5.74) is 4.22. The fraction of sp³-hybridized carbons (Fsp3) is 0.308. The van der Waals surface area contributed by atoms with E-state index in [9.17, 15) is 9.59 Å². The number of thiophene rings is 1. The van der Waals surface area contributed by atoms with Crippen LogP contribution < -0.4 is 16.1 Å². The molecule has 4 aromatic rings. The third-order valence-electron chi connectivity index (χ3n) is 6.52. The number of aromatic amines is 1. The van der Waals surface area contributed by atoms with Crippen LogP contribution >= 0.6 is 11.3 Å². The molecule has 4 aromatic heterocycles. The number of nitrogens with zero attached hydrogens (tertiary/aromatic N) is 3. The van der Waals surface area contributed by atoms with Gasteiger partial charge in [0.05, 0.1) is 22.1 Å². The van der Waals surface area contributed by atoms with E-state index in [-0.39, 0.29) is 23.9 Å². The van der Waals surface area contributed by atoms with Gasteiger partial charge in [-0.3, -0.25) is 19.1 Å². The molecule has 0 saturated heterocycles. The Balaban J connectivity index is 1.56. The lowest BCUT2D eigenvalue weighted by Crippen LogP contribution is -2.48. The van der Waals surface area contributed by atoms with Gasteiger partial charge < -0.3 is 15.6 Å². The zero-order valence-corrected chi connectivity index (χ0v) is 20.6. The van der Waals surface area contributed by atoms with Gasteiger partial charge in [0.1, 0.15) is 15.2 Å². The first-order chi connectivity index (χ1) is 16.9. The molecule has 1 fully saturated rings. The molecule has 0 aromatic carbocycles. The predicted molar refractivity (Wildman–Crippen MR) is 139 cm³/mol. The van der Waals surface area contributed by atoms with Crippen molar-refractivity contribution in [2.75, 3.05) is 0 Å². The molecular formula is C26H28N6O2S. The van der Waals surface area contributed by atoms with Gasteiger partial charge >= 0.3 is 0 Å². The maximum absolute atomic E-state index is 13.4. The Morgan fingerprint density at radius 2 is 1.94 bits per heavy atom. The fourth-order valence-electron chi connectivity index (χ4n) is 4.79. The van der Waals surface area contributed by atoms with Crippen molar-refractivity contribution in [3.05, 3.63) is 59.3 Å². The molecule has 0 radical (unpaired) electrons. The number of amides is 2. The van der Waals surface area contributed by atoms with Crippen molar-refractivity contribution in [2.24, 2.45) is 0 Å². The number of carbonyl (C=O) groups excluding carboxylic acids is 2. The van der Waals surface area contributed by atoms with E-state index in [1.54, 1.807) is 6.20 Å². The minimum absolute atomic E-state index is 0.107. The Morgan fingerprint density at radius 1 is 1.20 bits per heavy atom. The number of nitrogens with one attached hydrogen (secondary N) is 3. The van der Waals surface area contributed by atoms with Crippen LogP contribution in [0.25, 0.3) is 33.5 Å². The molecule has 3 N–H and O–H groups in total. The molecule has 9 heteroatoms. The van der Waals surface area contributed by atoms with Gasteiger partial charge in [0.2, 0.25) is 5.91 Å². The topological polar surface area (TPSA) is 105 Å². The molecule has 2 atom stereocenters. The van der Waals surface area contributed by atoms with Gasteiger partial charge in [-0.1, -0.05) is 27.0 Å². The zero-order valence-electron chi connectivity index (χ0n) is 19.8. The summed E-state index contributed by atoms with van der Waals surface area (Å²) in [6.45, 7) is 12.0. The van der Waals surface area contributed by atoms with Crippen LogP contribution in [-0.4, -0.2) is 43.4 Å². The summed E-state index contributed by atoms with van der Waals surface area (Å²) < 4.78 is 2.04. The number of hydrogen-bond donors (Lipinski definition) is 3. The molecule has 1 aliphatic carbocycles. The van der Waals surface area contributed by atoms with Gasteiger partial charge in [-0.05, 0) is 49.5 Å². The summed E-state index contributed by atoms with van der Waals surface area (Å²) in [6.07, 6.45) is 7.39. The van der Waals surface area contributed by atoms with Crippen LogP contribution in [0.4, 0.5) is 0 Å². The van der Waals surface area contributed by atoms with Crippen LogP contribution in [-0.2, 0) is 4.79 Å². The molecule has 2 amide bonds. The van der Waals surface area contributed by atoms with Crippen LogP contribution in [0.1, 0.15) is 54.4 Å². The summed E-state index contributed by atoms with van der Waals surface area (Å²) in [5, 5.41) is 6.96. The van der Waals surface area contributed by atoms with Crippen LogP contribution in [0.15, 0.2) is 43.2 Å². The van der Waals surface area contributed by atoms with E-state index in [2.05, 4.69) is 58.7 Å². The highest BCUT2D eigenvalue weighted by atomic mass is 32.1. The van der Waals surface area contributed by atoms with Gasteiger partial charge in [0, 0.05) is 30.2 Å². The van der Waals surface area contributed by atoms with Crippen molar-refractivity contribution < 1.29 is 9.59 Å². The average molecular weight is 489 g/mol. The second-order valence-electron chi connectivity index (χ2n) is 9.15. The number of carbonyl (C=O) groups is 2. The van der Waals surface area contributed by atoms with Crippen LogP contribution in [0, 0.1) is 0 Å². The van der Waals surface area contributed by atoms with Crippen molar-refractivity contribution in [3.63, 3.8) is 0 Å². The van der Waals surface area contributed by atoms with E-state index in [1.807, 2.05) is 22.9 Å². The molecule has 1 saturated carbocycles. The molecule has 0 spiro atoms. The predicted octanol–water partition coefficient (Wildman–Crippen LogP) is 3.73. The third kappa shape index (κ3) is 4.16. The van der Waals surface area contributed by atoms with E-state index in [1.165, 1.54) is 17.4 Å². The number of pyridine rings is 2. The van der Waals surface area contributed by atoms with E-state index >= 15 is 0 Å². The van der Waals surface area contributed by atoms with Crippen molar-refractivity contribution in [1.82, 2.24) is 30.2 Å². The molecule has 5 rings (SSSR count). The fourth-order valence-corrected chi connectivity index (χ4v) is 5.81. The first kappa shape index (κ1) is 23.0. The number of rotatable bonds is 6. The SMILES string of the molecule is C=CC(=O)NC1CCC[C@H]1NC(=O)c1sc2nccc3c2c1[nH]c(=C)n3-c1ccnc(C(C)C)c1. The maximum atomic E-state index is 13.4. The lowest BCUT2D eigenvalue weighted by Gasteiger charge is -2.21. The van der Waals surface area contributed by atoms with Gasteiger partial charge in [-0.15, -0.1) is 11.3 Å². The first-order valence-corrected chi connectivity index (χ1v) is 12.6. The molecule has 1 aliphatic rings. The van der Waals surface area contributed by atoms with Crippen LogP contribution in [0.5, 0.6) is 0 Å². The number of hydrogen-bond acceptors (Lipinski definition) is 5. The van der Waals surface area contributed by atoms with Crippen molar-refractivity contribution in [3.8, 4) is 5.69 Å². The Labute approximate surface area is 206 Å². The Hall–Kier alpha value is -3.72. The molecule has 4 heterocycles. The van der Waals surface area contributed by atoms with Crippen molar-refractivity contribution >= 4 is 51.0 Å². The Morgan fingerprint density at radius 3 is 2.69 bits per heavy atom. The summed E-state index contributed by atoms with van der Waals surface area (Å²) in [5.74, 6) is -0.115. The van der Waals surface area contributed by atoms with E-state index in [0.29, 0.717) is 16.3 Å². The second-order valence-corrected chi connectivity index (χ2v) is 10.1. The summed E-state index contributed by atoms with van der Waals surface area (Å²) in [6, 6.07) is 5.72. The molecular weight excluding hydrogens is 460 g/mol. The highest BCUT2D eigenvalue weighted by molar-refractivity contribution is 7.21. The van der Waals surface area contributed by atoms with Crippen molar-refractivity contribution in [2.45, 2.75) is 51.1 Å². The molecule has 180 valence electrons. The van der Waals surface area contributed by atoms with Gasteiger partial charge in [0.15, 0.2) is 0 Å². The van der Waals surface area contributed by atoms with E-state index in [4.69, 9.17) is 0 Å². The van der Waals surface area contributed by atoms with Gasteiger partial charge in [0.25, 0.3) is 5.91 Å². The van der Waals surface area contributed by atoms with E-state index in [0.717, 1.165) is 51.9 Å².